The molecule has 1 aromatic rings. The van der Waals surface area contributed by atoms with E-state index in [0.717, 1.165) is 39.3 Å². The van der Waals surface area contributed by atoms with Crippen LogP contribution in [-0.4, -0.2) is 39.3 Å². The molecule has 0 N–H and O–H groups in total. The molecular weight excluding hydrogens is 342 g/mol. The first-order valence-electron chi connectivity index (χ1n) is 9.47. The molecule has 0 aliphatic rings. The molecule has 0 amide bonds. The second-order valence-corrected chi connectivity index (χ2v) is 5.33. The Labute approximate surface area is 174 Å². The number of nitrogens with zero attached hydrogens (tertiary/aromatic N) is 3. The van der Waals surface area contributed by atoms with Crippen molar-refractivity contribution in [1.82, 2.24) is 0 Å². The molecule has 1 aromatic carbocycles. The van der Waals surface area contributed by atoms with Crippen molar-refractivity contribution in [3.63, 3.8) is 0 Å². The van der Waals surface area contributed by atoms with Gasteiger partial charge in [-0.2, -0.15) is 67.6 Å². The summed E-state index contributed by atoms with van der Waals surface area (Å²) in [5.41, 5.74) is 5.75. The van der Waals surface area contributed by atoms with Gasteiger partial charge in [-0.25, -0.2) is 0 Å². The van der Waals surface area contributed by atoms with Gasteiger partial charge in [-0.15, -0.1) is 0 Å². The fourth-order valence-electron chi connectivity index (χ4n) is 1.80. The fourth-order valence-corrected chi connectivity index (χ4v) is 1.80. The third kappa shape index (κ3) is 23.9. The van der Waals surface area contributed by atoms with Crippen molar-refractivity contribution in [2.45, 2.75) is 69.2 Å². The standard InChI is InChI=1S/C9H13.3C4H10N.Ti/c1-6-5-7(2)9(4)8(6)3;3*1-3-5-4-2;/h5H,1-4H3;3*3-4H2,1-2H3;/q4*-1;+4. The predicted molar refractivity (Wildman–Crippen MR) is 114 cm³/mol. The smallest absolute Gasteiger partial charge is 0.663 e. The van der Waals surface area contributed by atoms with Crippen LogP contribution in [0.15, 0.2) is 6.07 Å². The molecule has 0 aliphatic heterocycles. The Bertz CT molecular complexity index is 306. The fraction of sp³-hybridized carbons (Fsp3) is 0.762. The molecule has 4 heteroatoms. The Kier molecular flexibility index (Phi) is 34.1. The van der Waals surface area contributed by atoms with E-state index in [1.165, 1.54) is 22.3 Å². The van der Waals surface area contributed by atoms with Gasteiger partial charge < -0.3 is 16.0 Å². The van der Waals surface area contributed by atoms with Crippen LogP contribution in [0.1, 0.15) is 63.8 Å². The summed E-state index contributed by atoms with van der Waals surface area (Å²) >= 11 is 0. The largest absolute Gasteiger partial charge is 4.00 e. The molecule has 0 spiro atoms. The van der Waals surface area contributed by atoms with Crippen LogP contribution in [-0.2, 0) is 21.7 Å². The summed E-state index contributed by atoms with van der Waals surface area (Å²) in [6.45, 7) is 26.8. The summed E-state index contributed by atoms with van der Waals surface area (Å²) in [7, 11) is 0. The zero-order valence-electron chi connectivity index (χ0n) is 18.7. The normalized spacial score (nSPS) is 8.72. The Morgan fingerprint density at radius 2 is 0.960 bits per heavy atom. The van der Waals surface area contributed by atoms with Crippen molar-refractivity contribution in [3.05, 3.63) is 44.3 Å². The molecule has 146 valence electrons. The molecule has 0 saturated carbocycles. The summed E-state index contributed by atoms with van der Waals surface area (Å²) < 4.78 is 0. The molecule has 0 aromatic heterocycles. The van der Waals surface area contributed by atoms with Crippen molar-refractivity contribution in [2.75, 3.05) is 39.3 Å². The van der Waals surface area contributed by atoms with Crippen LogP contribution in [0, 0.1) is 27.7 Å². The molecule has 25 heavy (non-hydrogen) atoms. The van der Waals surface area contributed by atoms with Gasteiger partial charge in [0.25, 0.3) is 0 Å². The van der Waals surface area contributed by atoms with E-state index in [9.17, 15) is 0 Å². The molecule has 0 saturated heterocycles. The first kappa shape index (κ1) is 32.6. The van der Waals surface area contributed by atoms with Crippen molar-refractivity contribution in [2.24, 2.45) is 0 Å². The van der Waals surface area contributed by atoms with Crippen LogP contribution in [0.3, 0.4) is 0 Å². The van der Waals surface area contributed by atoms with E-state index in [0.29, 0.717) is 0 Å². The minimum atomic E-state index is 0. The van der Waals surface area contributed by atoms with Gasteiger partial charge in [0.15, 0.2) is 0 Å². The average molecular weight is 385 g/mol. The first-order valence-corrected chi connectivity index (χ1v) is 9.47. The van der Waals surface area contributed by atoms with Gasteiger partial charge in [-0.05, 0) is 0 Å². The summed E-state index contributed by atoms with van der Waals surface area (Å²) in [4.78, 5) is 0. The summed E-state index contributed by atoms with van der Waals surface area (Å²) in [5, 5.41) is 11.9. The predicted octanol–water partition coefficient (Wildman–Crippen LogP) is 6.84. The van der Waals surface area contributed by atoms with Crippen LogP contribution in [0.2, 0.25) is 0 Å². The van der Waals surface area contributed by atoms with E-state index in [4.69, 9.17) is 0 Å². The molecule has 3 nitrogen and oxygen atoms in total. The molecule has 0 fully saturated rings. The molecule has 0 atom stereocenters. The van der Waals surface area contributed by atoms with Gasteiger partial charge in [0.1, 0.15) is 0 Å². The Hall–Kier alpha value is -0.0557. The third-order valence-corrected chi connectivity index (χ3v) is 3.52. The van der Waals surface area contributed by atoms with Crippen molar-refractivity contribution >= 4 is 0 Å². The van der Waals surface area contributed by atoms with Gasteiger partial charge in [-0.3, -0.25) is 0 Å². The zero-order valence-corrected chi connectivity index (χ0v) is 20.2. The van der Waals surface area contributed by atoms with E-state index in [1.807, 2.05) is 41.5 Å². The third-order valence-electron chi connectivity index (χ3n) is 3.52. The number of hydrogen-bond donors (Lipinski definition) is 0. The van der Waals surface area contributed by atoms with Crippen LogP contribution in [0.5, 0.6) is 0 Å². The SMILES string of the molecule is CC[N-]CC.CC[N-]CC.CC[N-]CC.Cc1c[c-](C)c(C)c1C.[Ti+4]. The zero-order chi connectivity index (χ0) is 19.4. The molecule has 0 unspecified atom stereocenters. The molecule has 1 rings (SSSR count). The van der Waals surface area contributed by atoms with E-state index < -0.39 is 0 Å². The van der Waals surface area contributed by atoms with E-state index in [1.54, 1.807) is 0 Å². The van der Waals surface area contributed by atoms with Crippen LogP contribution in [0.4, 0.5) is 0 Å². The van der Waals surface area contributed by atoms with E-state index in [-0.39, 0.29) is 21.7 Å². The van der Waals surface area contributed by atoms with Gasteiger partial charge >= 0.3 is 21.7 Å². The van der Waals surface area contributed by atoms with Crippen LogP contribution >= 0.6 is 0 Å². The monoisotopic (exact) mass is 385 g/mol. The molecule has 0 bridgehead atoms. The topological polar surface area (TPSA) is 42.3 Å². The second kappa shape index (κ2) is 26.2. The van der Waals surface area contributed by atoms with Crippen LogP contribution < -0.4 is 0 Å². The maximum Gasteiger partial charge on any atom is 4.00 e. The molecular formula is C21H43N3Ti. The number of rotatable bonds is 6. The maximum atomic E-state index is 3.97. The Balaban J connectivity index is -0.000000122. The van der Waals surface area contributed by atoms with E-state index >= 15 is 0 Å². The molecule has 0 radical (unpaired) electrons. The Morgan fingerprint density at radius 1 is 0.680 bits per heavy atom. The Morgan fingerprint density at radius 3 is 1.00 bits per heavy atom. The quantitative estimate of drug-likeness (QED) is 0.380. The summed E-state index contributed by atoms with van der Waals surface area (Å²) in [6.07, 6.45) is 0. The van der Waals surface area contributed by atoms with Gasteiger partial charge in [0, 0.05) is 0 Å². The number of aryl methyl sites for hydroxylation is 2. The van der Waals surface area contributed by atoms with Gasteiger partial charge in [0.05, 0.1) is 0 Å². The number of hydrogen-bond acceptors (Lipinski definition) is 0. The van der Waals surface area contributed by atoms with Gasteiger partial charge in [-0.1, -0.05) is 69.2 Å². The van der Waals surface area contributed by atoms with Crippen molar-refractivity contribution < 1.29 is 21.7 Å². The first-order chi connectivity index (χ1) is 11.4. The minimum absolute atomic E-state index is 0. The second-order valence-electron chi connectivity index (χ2n) is 5.33. The minimum Gasteiger partial charge on any atom is -0.663 e. The molecule has 0 aliphatic carbocycles. The summed E-state index contributed by atoms with van der Waals surface area (Å²) in [5.74, 6) is 0. The maximum absolute atomic E-state index is 3.97. The van der Waals surface area contributed by atoms with Gasteiger partial charge in [0.2, 0.25) is 0 Å². The summed E-state index contributed by atoms with van der Waals surface area (Å²) in [6, 6.07) is 2.24. The molecule has 0 heterocycles. The van der Waals surface area contributed by atoms with Crippen molar-refractivity contribution in [1.29, 1.82) is 0 Å². The van der Waals surface area contributed by atoms with E-state index in [2.05, 4.69) is 49.7 Å². The van der Waals surface area contributed by atoms with Crippen LogP contribution in [0.25, 0.3) is 16.0 Å². The average Bonchev–Trinajstić information content (AvgIpc) is 2.78. The van der Waals surface area contributed by atoms with Crippen molar-refractivity contribution in [3.8, 4) is 0 Å².